The highest BCUT2D eigenvalue weighted by Gasteiger charge is 2.25. The van der Waals surface area contributed by atoms with Crippen LogP contribution < -0.4 is 4.90 Å². The van der Waals surface area contributed by atoms with E-state index in [2.05, 4.69) is 30.8 Å². The van der Waals surface area contributed by atoms with Crippen molar-refractivity contribution in [3.8, 4) is 0 Å². The van der Waals surface area contributed by atoms with Crippen LogP contribution in [0.1, 0.15) is 12.8 Å². The van der Waals surface area contributed by atoms with Crippen LogP contribution in [0, 0.1) is 0 Å². The third kappa shape index (κ3) is 2.01. The van der Waals surface area contributed by atoms with Gasteiger partial charge in [0.1, 0.15) is 0 Å². The molecule has 1 saturated heterocycles. The molecule has 1 aromatic heterocycles. The number of hydrogen-bond donors (Lipinski definition) is 0. The molecular weight excluding hydrogens is 265 g/mol. The largest absolute Gasteiger partial charge is 0.337 e. The van der Waals surface area contributed by atoms with E-state index in [1.165, 1.54) is 6.42 Å². The first-order valence-corrected chi connectivity index (χ1v) is 5.94. The fourth-order valence-corrected chi connectivity index (χ4v) is 2.24. The maximum absolute atomic E-state index is 5.88. The molecule has 0 aliphatic carbocycles. The molecule has 3 nitrogen and oxygen atoms in total. The monoisotopic (exact) mass is 275 g/mol. The zero-order valence-corrected chi connectivity index (χ0v) is 10.00. The summed E-state index contributed by atoms with van der Waals surface area (Å²) < 4.78 is 0.905. The van der Waals surface area contributed by atoms with Gasteiger partial charge in [0, 0.05) is 30.9 Å². The van der Waals surface area contributed by atoms with Crippen molar-refractivity contribution in [2.24, 2.45) is 0 Å². The maximum atomic E-state index is 5.88. The predicted molar refractivity (Wildman–Crippen MR) is 60.8 cm³/mol. The summed E-state index contributed by atoms with van der Waals surface area (Å²) in [6.45, 7) is 1.01. The van der Waals surface area contributed by atoms with Crippen LogP contribution in [0.2, 0.25) is 0 Å². The molecule has 0 bridgehead atoms. The Bertz CT molecular complexity index is 303. The number of aromatic nitrogens is 2. The fourth-order valence-electron chi connectivity index (χ4n) is 1.71. The van der Waals surface area contributed by atoms with Gasteiger partial charge in [-0.3, -0.25) is 0 Å². The van der Waals surface area contributed by atoms with E-state index in [1.54, 1.807) is 12.4 Å². The molecule has 1 fully saturated rings. The van der Waals surface area contributed by atoms with Crippen LogP contribution in [-0.4, -0.2) is 28.4 Å². The molecule has 5 heteroatoms. The highest BCUT2D eigenvalue weighted by Crippen LogP contribution is 2.23. The van der Waals surface area contributed by atoms with Gasteiger partial charge in [-0.25, -0.2) is 9.97 Å². The second-order valence-corrected chi connectivity index (χ2v) is 4.57. The van der Waals surface area contributed by atoms with Gasteiger partial charge in [-0.2, -0.15) is 0 Å². The van der Waals surface area contributed by atoms with E-state index in [1.807, 2.05) is 0 Å². The van der Waals surface area contributed by atoms with Crippen LogP contribution in [0.25, 0.3) is 0 Å². The first-order valence-electron chi connectivity index (χ1n) is 4.61. The zero-order valence-electron chi connectivity index (χ0n) is 7.66. The highest BCUT2D eigenvalue weighted by atomic mass is 79.9. The Morgan fingerprint density at radius 3 is 2.86 bits per heavy atom. The molecule has 1 atom stereocenters. The van der Waals surface area contributed by atoms with Gasteiger partial charge in [0.2, 0.25) is 5.95 Å². The fraction of sp³-hybridized carbons (Fsp3) is 0.556. The van der Waals surface area contributed by atoms with Crippen LogP contribution >= 0.6 is 27.5 Å². The van der Waals surface area contributed by atoms with Crippen LogP contribution in [0.3, 0.4) is 0 Å². The molecule has 76 valence electrons. The van der Waals surface area contributed by atoms with Gasteiger partial charge in [0.25, 0.3) is 0 Å². The number of alkyl halides is 1. The van der Waals surface area contributed by atoms with E-state index in [4.69, 9.17) is 11.6 Å². The predicted octanol–water partition coefficient (Wildman–Crippen LogP) is 2.45. The zero-order chi connectivity index (χ0) is 9.97. The van der Waals surface area contributed by atoms with E-state index >= 15 is 0 Å². The van der Waals surface area contributed by atoms with E-state index in [0.29, 0.717) is 11.9 Å². The summed E-state index contributed by atoms with van der Waals surface area (Å²) in [6, 6.07) is 0.401. The summed E-state index contributed by atoms with van der Waals surface area (Å²) in [7, 11) is 0. The van der Waals surface area contributed by atoms with Gasteiger partial charge in [-0.15, -0.1) is 11.6 Å². The summed E-state index contributed by atoms with van der Waals surface area (Å²) in [5.41, 5.74) is 0. The van der Waals surface area contributed by atoms with Crippen molar-refractivity contribution in [2.75, 3.05) is 17.3 Å². The number of rotatable bonds is 2. The Hall–Kier alpha value is -0.350. The van der Waals surface area contributed by atoms with Gasteiger partial charge in [0.15, 0.2) is 0 Å². The Labute approximate surface area is 96.6 Å². The summed E-state index contributed by atoms with van der Waals surface area (Å²) in [5.74, 6) is 1.44. The van der Waals surface area contributed by atoms with Crippen LogP contribution in [0.5, 0.6) is 0 Å². The van der Waals surface area contributed by atoms with E-state index < -0.39 is 0 Å². The summed E-state index contributed by atoms with van der Waals surface area (Å²) >= 11 is 9.19. The minimum Gasteiger partial charge on any atom is -0.337 e. The number of halogens is 2. The highest BCUT2D eigenvalue weighted by molar-refractivity contribution is 9.10. The van der Waals surface area contributed by atoms with Crippen molar-refractivity contribution < 1.29 is 0 Å². The lowest BCUT2D eigenvalue weighted by Crippen LogP contribution is -2.31. The van der Waals surface area contributed by atoms with Crippen molar-refractivity contribution in [1.82, 2.24) is 9.97 Å². The molecule has 14 heavy (non-hydrogen) atoms. The molecule has 1 aromatic rings. The standard InChI is InChI=1S/C9H11BrClN3/c10-7-5-12-9(13-6-7)14-3-1-2-8(14)4-11/h5-6,8H,1-4H2. The van der Waals surface area contributed by atoms with Gasteiger partial charge < -0.3 is 4.90 Å². The average Bonchev–Trinajstić information content (AvgIpc) is 2.67. The van der Waals surface area contributed by atoms with E-state index in [9.17, 15) is 0 Å². The molecule has 0 N–H and O–H groups in total. The lowest BCUT2D eigenvalue weighted by molar-refractivity contribution is 0.722. The van der Waals surface area contributed by atoms with E-state index in [0.717, 1.165) is 23.4 Å². The number of hydrogen-bond acceptors (Lipinski definition) is 3. The number of anilines is 1. The molecule has 0 aromatic carbocycles. The second kappa shape index (κ2) is 4.45. The normalized spacial score (nSPS) is 21.6. The minimum absolute atomic E-state index is 0.401. The van der Waals surface area contributed by atoms with Crippen molar-refractivity contribution in [3.05, 3.63) is 16.9 Å². The molecule has 0 amide bonds. The summed E-state index contributed by atoms with van der Waals surface area (Å²) in [6.07, 6.45) is 5.86. The molecule has 0 spiro atoms. The lowest BCUT2D eigenvalue weighted by atomic mass is 10.2. The summed E-state index contributed by atoms with van der Waals surface area (Å²) in [5, 5.41) is 0. The van der Waals surface area contributed by atoms with Gasteiger partial charge >= 0.3 is 0 Å². The quantitative estimate of drug-likeness (QED) is 0.777. The molecule has 1 unspecified atom stereocenters. The van der Waals surface area contributed by atoms with Crippen LogP contribution in [0.15, 0.2) is 16.9 Å². The lowest BCUT2D eigenvalue weighted by Gasteiger charge is -2.22. The molecule has 1 aliphatic rings. The molecular formula is C9H11BrClN3. The Morgan fingerprint density at radius 2 is 2.21 bits per heavy atom. The van der Waals surface area contributed by atoms with Crippen molar-refractivity contribution in [3.63, 3.8) is 0 Å². The van der Waals surface area contributed by atoms with Crippen molar-refractivity contribution >= 4 is 33.5 Å². The third-order valence-electron chi connectivity index (χ3n) is 2.42. The molecule has 2 heterocycles. The first kappa shape index (κ1) is 10.2. The average molecular weight is 277 g/mol. The minimum atomic E-state index is 0.401. The Morgan fingerprint density at radius 1 is 1.50 bits per heavy atom. The Balaban J connectivity index is 2.17. The molecule has 0 saturated carbocycles. The van der Waals surface area contributed by atoms with Gasteiger partial charge in [0.05, 0.1) is 4.47 Å². The molecule has 1 aliphatic heterocycles. The van der Waals surface area contributed by atoms with Crippen molar-refractivity contribution in [2.45, 2.75) is 18.9 Å². The first-order chi connectivity index (χ1) is 6.81. The topological polar surface area (TPSA) is 29.0 Å². The Kier molecular flexibility index (Phi) is 3.23. The third-order valence-corrected chi connectivity index (χ3v) is 3.18. The van der Waals surface area contributed by atoms with Gasteiger partial charge in [-0.05, 0) is 28.8 Å². The number of nitrogens with zero attached hydrogens (tertiary/aromatic N) is 3. The van der Waals surface area contributed by atoms with Crippen LogP contribution in [0.4, 0.5) is 5.95 Å². The SMILES string of the molecule is ClCC1CCCN1c1ncc(Br)cn1. The maximum Gasteiger partial charge on any atom is 0.225 e. The van der Waals surface area contributed by atoms with Gasteiger partial charge in [-0.1, -0.05) is 0 Å². The second-order valence-electron chi connectivity index (χ2n) is 3.35. The van der Waals surface area contributed by atoms with Crippen molar-refractivity contribution in [1.29, 1.82) is 0 Å². The molecule has 2 rings (SSSR count). The molecule has 0 radical (unpaired) electrons. The van der Waals surface area contributed by atoms with E-state index in [-0.39, 0.29) is 0 Å². The van der Waals surface area contributed by atoms with Crippen LogP contribution in [-0.2, 0) is 0 Å². The summed E-state index contributed by atoms with van der Waals surface area (Å²) in [4.78, 5) is 10.7. The smallest absolute Gasteiger partial charge is 0.225 e.